The van der Waals surface area contributed by atoms with Crippen molar-refractivity contribution in [2.24, 2.45) is 0 Å². The van der Waals surface area contributed by atoms with Crippen LogP contribution in [0.2, 0.25) is 0 Å². The van der Waals surface area contributed by atoms with Crippen LogP contribution in [0, 0.1) is 6.92 Å². The van der Waals surface area contributed by atoms with Gasteiger partial charge in [0.25, 0.3) is 0 Å². The predicted molar refractivity (Wildman–Crippen MR) is 199 cm³/mol. The molecule has 0 N–H and O–H groups in total. The van der Waals surface area contributed by atoms with Crippen molar-refractivity contribution >= 4 is 43.1 Å². The monoisotopic (exact) mass is 598 g/mol. The van der Waals surface area contributed by atoms with Gasteiger partial charge in [0, 0.05) is 11.8 Å². The maximum atomic E-state index is 4.53. The normalized spacial score (nSPS) is 11.5. The summed E-state index contributed by atoms with van der Waals surface area (Å²) in [7, 11) is 0. The molecule has 2 nitrogen and oxygen atoms in total. The smallest absolute Gasteiger partial charge is 0.116 e. The molecule has 220 valence electrons. The Hall–Kier alpha value is -6.12. The van der Waals surface area contributed by atoms with E-state index in [1.54, 1.807) is 6.33 Å². The van der Waals surface area contributed by atoms with Crippen molar-refractivity contribution in [3.8, 4) is 44.6 Å². The second-order valence-corrected chi connectivity index (χ2v) is 12.3. The molecule has 2 heteroatoms. The van der Waals surface area contributed by atoms with Crippen LogP contribution in [0.5, 0.6) is 0 Å². The number of hydrogen-bond donors (Lipinski definition) is 0. The molecule has 9 rings (SSSR count). The van der Waals surface area contributed by atoms with Crippen LogP contribution >= 0.6 is 0 Å². The van der Waals surface area contributed by atoms with Gasteiger partial charge < -0.3 is 0 Å². The van der Waals surface area contributed by atoms with Crippen LogP contribution < -0.4 is 0 Å². The molecule has 1 heterocycles. The van der Waals surface area contributed by atoms with Gasteiger partial charge in [0.2, 0.25) is 0 Å². The second kappa shape index (κ2) is 11.0. The zero-order valence-electron chi connectivity index (χ0n) is 26.0. The minimum absolute atomic E-state index is 0.968. The third kappa shape index (κ3) is 4.65. The lowest BCUT2D eigenvalue weighted by Gasteiger charge is -2.19. The third-order valence-electron chi connectivity index (χ3n) is 9.49. The Morgan fingerprint density at radius 1 is 0.383 bits per heavy atom. The molecule has 1 aromatic heterocycles. The number of nitrogens with zero attached hydrogens (tertiary/aromatic N) is 2. The van der Waals surface area contributed by atoms with Crippen molar-refractivity contribution in [3.63, 3.8) is 0 Å². The highest BCUT2D eigenvalue weighted by Gasteiger charge is 2.18. The maximum Gasteiger partial charge on any atom is 0.116 e. The van der Waals surface area contributed by atoms with Crippen LogP contribution in [0.1, 0.15) is 5.56 Å². The van der Waals surface area contributed by atoms with Crippen LogP contribution in [0.3, 0.4) is 0 Å². The fourth-order valence-corrected chi connectivity index (χ4v) is 7.19. The van der Waals surface area contributed by atoms with E-state index in [1.807, 2.05) is 6.20 Å². The summed E-state index contributed by atoms with van der Waals surface area (Å²) in [4.78, 5) is 8.70. The highest BCUT2D eigenvalue weighted by atomic mass is 14.8. The number of fused-ring (bicyclic) bond motifs is 4. The summed E-state index contributed by atoms with van der Waals surface area (Å²) >= 11 is 0. The number of aromatic nitrogens is 2. The van der Waals surface area contributed by atoms with Crippen molar-refractivity contribution in [2.75, 3.05) is 0 Å². The Morgan fingerprint density at radius 3 is 1.49 bits per heavy atom. The lowest BCUT2D eigenvalue weighted by Crippen LogP contribution is -1.92. The van der Waals surface area contributed by atoms with Crippen molar-refractivity contribution in [1.82, 2.24) is 9.97 Å². The van der Waals surface area contributed by atoms with Gasteiger partial charge in [-0.2, -0.15) is 0 Å². The largest absolute Gasteiger partial charge is 0.245 e. The van der Waals surface area contributed by atoms with Crippen molar-refractivity contribution in [2.45, 2.75) is 6.92 Å². The number of hydrogen-bond acceptors (Lipinski definition) is 2. The number of benzene rings is 8. The minimum Gasteiger partial charge on any atom is -0.245 e. The number of rotatable bonds is 4. The Balaban J connectivity index is 1.32. The lowest BCUT2D eigenvalue weighted by molar-refractivity contribution is 1.13. The van der Waals surface area contributed by atoms with Gasteiger partial charge in [-0.05, 0) is 107 Å². The topological polar surface area (TPSA) is 25.8 Å². The van der Waals surface area contributed by atoms with Gasteiger partial charge in [-0.25, -0.2) is 9.97 Å². The highest BCUT2D eigenvalue weighted by molar-refractivity contribution is 6.22. The van der Waals surface area contributed by atoms with E-state index < -0.39 is 0 Å². The van der Waals surface area contributed by atoms with Crippen molar-refractivity contribution in [1.29, 1.82) is 0 Å². The maximum absolute atomic E-state index is 4.53. The first kappa shape index (κ1) is 27.2. The Morgan fingerprint density at radius 2 is 0.872 bits per heavy atom. The molecule has 0 aliphatic heterocycles. The van der Waals surface area contributed by atoms with Crippen LogP contribution in [-0.2, 0) is 0 Å². The molecule has 0 aliphatic carbocycles. The first-order chi connectivity index (χ1) is 23.2. The molecule has 0 radical (unpaired) electrons. The summed E-state index contributed by atoms with van der Waals surface area (Å²) in [6.07, 6.45) is 3.48. The van der Waals surface area contributed by atoms with E-state index >= 15 is 0 Å². The van der Waals surface area contributed by atoms with E-state index in [0.717, 1.165) is 16.8 Å². The molecule has 8 aromatic carbocycles. The molecule has 0 saturated carbocycles. The van der Waals surface area contributed by atoms with Crippen molar-refractivity contribution in [3.05, 3.63) is 170 Å². The lowest BCUT2D eigenvalue weighted by atomic mass is 9.84. The quantitative estimate of drug-likeness (QED) is 0.188. The molecule has 0 aliphatic rings. The average molecular weight is 599 g/mol. The third-order valence-corrected chi connectivity index (χ3v) is 9.49. The van der Waals surface area contributed by atoms with Crippen LogP contribution in [0.15, 0.2) is 164 Å². The summed E-state index contributed by atoms with van der Waals surface area (Å²) in [5.41, 5.74) is 10.5. The average Bonchev–Trinajstić information content (AvgIpc) is 3.13. The van der Waals surface area contributed by atoms with Gasteiger partial charge in [0.05, 0.1) is 5.69 Å². The van der Waals surface area contributed by atoms with E-state index in [2.05, 4.69) is 169 Å². The predicted octanol–water partition coefficient (Wildman–Crippen LogP) is 12.1. The number of aryl methyl sites for hydroxylation is 1. The molecular formula is C45H30N2. The standard InChI is InChI=1S/C45H30N2/c1-29-27-46-28-47-45(29)33-18-14-32(15-19-33)36-22-23-41-42(26-36)44(38-21-17-31-9-3-5-11-35(31)25-38)40-13-7-6-12-39(40)43(41)37-20-16-30-8-2-4-10-34(30)24-37/h2-28H,1H3. The zero-order valence-corrected chi connectivity index (χ0v) is 26.0. The molecule has 9 aromatic rings. The molecule has 0 fully saturated rings. The summed E-state index contributed by atoms with van der Waals surface area (Å²) < 4.78 is 0. The fourth-order valence-electron chi connectivity index (χ4n) is 7.19. The van der Waals surface area contributed by atoms with Gasteiger partial charge in [-0.3, -0.25) is 0 Å². The molecule has 0 bridgehead atoms. The van der Waals surface area contributed by atoms with E-state index in [9.17, 15) is 0 Å². The summed E-state index contributed by atoms with van der Waals surface area (Å²) in [5.74, 6) is 0. The molecule has 0 amide bonds. The van der Waals surface area contributed by atoms with Gasteiger partial charge in [0.1, 0.15) is 6.33 Å². The van der Waals surface area contributed by atoms with E-state index in [1.165, 1.54) is 76.5 Å². The second-order valence-electron chi connectivity index (χ2n) is 12.3. The first-order valence-corrected chi connectivity index (χ1v) is 16.1. The van der Waals surface area contributed by atoms with E-state index in [4.69, 9.17) is 0 Å². The van der Waals surface area contributed by atoms with Crippen molar-refractivity contribution < 1.29 is 0 Å². The molecule has 0 atom stereocenters. The Labute approximate surface area is 273 Å². The van der Waals surface area contributed by atoms with Crippen LogP contribution in [0.25, 0.3) is 87.7 Å². The summed E-state index contributed by atoms with van der Waals surface area (Å²) in [6.45, 7) is 2.05. The minimum atomic E-state index is 0.968. The zero-order chi connectivity index (χ0) is 31.3. The van der Waals surface area contributed by atoms with Gasteiger partial charge in [0.15, 0.2) is 0 Å². The first-order valence-electron chi connectivity index (χ1n) is 16.1. The fraction of sp³-hybridized carbons (Fsp3) is 0.0222. The Bertz CT molecular complexity index is 2630. The summed E-state index contributed by atoms with van der Waals surface area (Å²) in [5, 5.41) is 10.00. The molecule has 47 heavy (non-hydrogen) atoms. The van der Waals surface area contributed by atoms with E-state index in [0.29, 0.717) is 0 Å². The van der Waals surface area contributed by atoms with Gasteiger partial charge in [-0.15, -0.1) is 0 Å². The molecule has 0 unspecified atom stereocenters. The van der Waals surface area contributed by atoms with Gasteiger partial charge in [-0.1, -0.05) is 133 Å². The van der Waals surface area contributed by atoms with Crippen LogP contribution in [-0.4, -0.2) is 9.97 Å². The molecule has 0 spiro atoms. The SMILES string of the molecule is Cc1cncnc1-c1ccc(-c2ccc3c(-c4ccc5ccccc5c4)c4ccccc4c(-c4ccc5ccccc5c4)c3c2)cc1. The summed E-state index contributed by atoms with van der Waals surface area (Å²) in [6, 6.07) is 55.6. The van der Waals surface area contributed by atoms with E-state index in [-0.39, 0.29) is 0 Å². The van der Waals surface area contributed by atoms with Crippen LogP contribution in [0.4, 0.5) is 0 Å². The Kier molecular flexibility index (Phi) is 6.39. The highest BCUT2D eigenvalue weighted by Crippen LogP contribution is 2.45. The van der Waals surface area contributed by atoms with Gasteiger partial charge >= 0.3 is 0 Å². The molecular weight excluding hydrogens is 569 g/mol. The molecule has 0 saturated heterocycles.